The maximum Gasteiger partial charge on any atom is 0.416 e. The summed E-state index contributed by atoms with van der Waals surface area (Å²) in [6, 6.07) is 3.85. The Morgan fingerprint density at radius 3 is 2.31 bits per heavy atom. The standard InChI is InChI=1S/C9H10F3N/c1-2-6-7(9(10,11)12)4-3-5-8(6)13/h3-5H,2,13H2,1H3. The van der Waals surface area contributed by atoms with E-state index in [-0.39, 0.29) is 11.3 Å². The Bertz CT molecular complexity index is 304. The van der Waals surface area contributed by atoms with E-state index in [1.165, 1.54) is 12.1 Å². The second-order valence-corrected chi connectivity index (χ2v) is 2.72. The van der Waals surface area contributed by atoms with Crippen molar-refractivity contribution >= 4 is 5.69 Å². The molecule has 72 valence electrons. The van der Waals surface area contributed by atoms with Crippen LogP contribution in [0.2, 0.25) is 0 Å². The first-order valence-corrected chi connectivity index (χ1v) is 3.91. The van der Waals surface area contributed by atoms with E-state index in [4.69, 9.17) is 5.73 Å². The number of anilines is 1. The molecule has 0 aliphatic rings. The quantitative estimate of drug-likeness (QED) is 0.675. The van der Waals surface area contributed by atoms with Crippen molar-refractivity contribution in [3.63, 3.8) is 0 Å². The van der Waals surface area contributed by atoms with Crippen molar-refractivity contribution in [3.8, 4) is 0 Å². The van der Waals surface area contributed by atoms with Gasteiger partial charge < -0.3 is 5.73 Å². The smallest absolute Gasteiger partial charge is 0.398 e. The molecular weight excluding hydrogens is 179 g/mol. The van der Waals surface area contributed by atoms with Gasteiger partial charge in [0.05, 0.1) is 5.56 Å². The Hall–Kier alpha value is -1.19. The van der Waals surface area contributed by atoms with E-state index in [0.717, 1.165) is 6.07 Å². The first-order valence-electron chi connectivity index (χ1n) is 3.91. The van der Waals surface area contributed by atoms with Crippen molar-refractivity contribution in [3.05, 3.63) is 29.3 Å². The van der Waals surface area contributed by atoms with Crippen LogP contribution in [0.4, 0.5) is 18.9 Å². The lowest BCUT2D eigenvalue weighted by Crippen LogP contribution is -2.10. The van der Waals surface area contributed by atoms with Crippen LogP contribution in [-0.2, 0) is 12.6 Å². The number of benzene rings is 1. The summed E-state index contributed by atoms with van der Waals surface area (Å²) >= 11 is 0. The van der Waals surface area contributed by atoms with E-state index in [1.807, 2.05) is 0 Å². The highest BCUT2D eigenvalue weighted by Gasteiger charge is 2.33. The Morgan fingerprint density at radius 1 is 1.31 bits per heavy atom. The van der Waals surface area contributed by atoms with Crippen LogP contribution < -0.4 is 5.73 Å². The Kier molecular flexibility index (Phi) is 2.50. The molecule has 0 aromatic heterocycles. The van der Waals surface area contributed by atoms with Crippen LogP contribution in [0, 0.1) is 0 Å². The van der Waals surface area contributed by atoms with Crippen LogP contribution in [0.25, 0.3) is 0 Å². The van der Waals surface area contributed by atoms with Gasteiger partial charge in [-0.25, -0.2) is 0 Å². The summed E-state index contributed by atoms with van der Waals surface area (Å²) in [7, 11) is 0. The molecule has 0 saturated heterocycles. The van der Waals surface area contributed by atoms with Gasteiger partial charge >= 0.3 is 6.18 Å². The van der Waals surface area contributed by atoms with Crippen molar-refractivity contribution in [1.82, 2.24) is 0 Å². The topological polar surface area (TPSA) is 26.0 Å². The normalized spacial score (nSPS) is 11.7. The lowest BCUT2D eigenvalue weighted by molar-refractivity contribution is -0.138. The van der Waals surface area contributed by atoms with E-state index >= 15 is 0 Å². The average molecular weight is 189 g/mol. The highest BCUT2D eigenvalue weighted by molar-refractivity contribution is 5.51. The lowest BCUT2D eigenvalue weighted by Gasteiger charge is -2.13. The minimum absolute atomic E-state index is 0.176. The predicted molar refractivity (Wildman–Crippen MR) is 45.2 cm³/mol. The summed E-state index contributed by atoms with van der Waals surface area (Å²) in [5.41, 5.74) is 5.18. The molecular formula is C9H10F3N. The van der Waals surface area contributed by atoms with E-state index in [1.54, 1.807) is 6.92 Å². The number of rotatable bonds is 1. The van der Waals surface area contributed by atoms with Crippen molar-refractivity contribution in [2.45, 2.75) is 19.5 Å². The molecule has 0 atom stereocenters. The molecule has 0 amide bonds. The molecule has 2 N–H and O–H groups in total. The third-order valence-corrected chi connectivity index (χ3v) is 1.87. The van der Waals surface area contributed by atoms with Crippen molar-refractivity contribution in [1.29, 1.82) is 0 Å². The number of hydrogen-bond acceptors (Lipinski definition) is 1. The zero-order chi connectivity index (χ0) is 10.1. The molecule has 1 aromatic carbocycles. The van der Waals surface area contributed by atoms with Crippen molar-refractivity contribution in [2.24, 2.45) is 0 Å². The molecule has 4 heteroatoms. The third-order valence-electron chi connectivity index (χ3n) is 1.87. The molecule has 0 radical (unpaired) electrons. The summed E-state index contributed by atoms with van der Waals surface area (Å²) < 4.78 is 37.1. The number of hydrogen-bond donors (Lipinski definition) is 1. The van der Waals surface area contributed by atoms with Gasteiger partial charge in [-0.2, -0.15) is 13.2 Å². The van der Waals surface area contributed by atoms with Crippen molar-refractivity contribution < 1.29 is 13.2 Å². The fraction of sp³-hybridized carbons (Fsp3) is 0.333. The molecule has 0 unspecified atom stereocenters. The summed E-state index contributed by atoms with van der Waals surface area (Å²) in [4.78, 5) is 0. The van der Waals surface area contributed by atoms with E-state index in [2.05, 4.69) is 0 Å². The van der Waals surface area contributed by atoms with Crippen LogP contribution in [0.15, 0.2) is 18.2 Å². The Balaban J connectivity index is 3.29. The maximum absolute atomic E-state index is 12.4. The van der Waals surface area contributed by atoms with E-state index in [9.17, 15) is 13.2 Å². The summed E-state index contributed by atoms with van der Waals surface area (Å²) in [5.74, 6) is 0. The van der Waals surface area contributed by atoms with Crippen LogP contribution >= 0.6 is 0 Å². The molecule has 0 saturated carbocycles. The molecule has 1 aromatic rings. The van der Waals surface area contributed by atoms with Gasteiger partial charge in [0, 0.05) is 5.69 Å². The van der Waals surface area contributed by atoms with Gasteiger partial charge in [-0.15, -0.1) is 0 Å². The minimum Gasteiger partial charge on any atom is -0.398 e. The Labute approximate surface area is 74.4 Å². The largest absolute Gasteiger partial charge is 0.416 e. The van der Waals surface area contributed by atoms with Crippen LogP contribution in [0.1, 0.15) is 18.1 Å². The van der Waals surface area contributed by atoms with Gasteiger partial charge in [0.15, 0.2) is 0 Å². The van der Waals surface area contributed by atoms with Crippen molar-refractivity contribution in [2.75, 3.05) is 5.73 Å². The monoisotopic (exact) mass is 189 g/mol. The number of halogens is 3. The third kappa shape index (κ3) is 1.94. The number of alkyl halides is 3. The summed E-state index contributed by atoms with van der Waals surface area (Å²) in [6.07, 6.45) is -4.01. The minimum atomic E-state index is -4.30. The molecule has 0 aliphatic heterocycles. The predicted octanol–water partition coefficient (Wildman–Crippen LogP) is 2.85. The fourth-order valence-corrected chi connectivity index (χ4v) is 1.26. The van der Waals surface area contributed by atoms with Gasteiger partial charge in [0.1, 0.15) is 0 Å². The fourth-order valence-electron chi connectivity index (χ4n) is 1.26. The Morgan fingerprint density at radius 2 is 1.92 bits per heavy atom. The highest BCUT2D eigenvalue weighted by Crippen LogP contribution is 2.34. The van der Waals surface area contributed by atoms with Gasteiger partial charge in [-0.3, -0.25) is 0 Å². The highest BCUT2D eigenvalue weighted by atomic mass is 19.4. The van der Waals surface area contributed by atoms with Crippen LogP contribution in [-0.4, -0.2) is 0 Å². The molecule has 0 fully saturated rings. The second kappa shape index (κ2) is 3.28. The molecule has 0 aliphatic carbocycles. The lowest BCUT2D eigenvalue weighted by atomic mass is 10.0. The van der Waals surface area contributed by atoms with Gasteiger partial charge in [0.25, 0.3) is 0 Å². The molecule has 1 nitrogen and oxygen atoms in total. The zero-order valence-electron chi connectivity index (χ0n) is 7.15. The van der Waals surface area contributed by atoms with Crippen LogP contribution in [0.3, 0.4) is 0 Å². The molecule has 0 spiro atoms. The van der Waals surface area contributed by atoms with Gasteiger partial charge in [0.2, 0.25) is 0 Å². The molecule has 0 heterocycles. The second-order valence-electron chi connectivity index (χ2n) is 2.72. The van der Waals surface area contributed by atoms with Crippen LogP contribution in [0.5, 0.6) is 0 Å². The van der Waals surface area contributed by atoms with Gasteiger partial charge in [-0.05, 0) is 24.1 Å². The zero-order valence-corrected chi connectivity index (χ0v) is 7.15. The summed E-state index contributed by atoms with van der Waals surface area (Å²) in [5, 5.41) is 0. The number of nitrogens with two attached hydrogens (primary N) is 1. The molecule has 0 bridgehead atoms. The van der Waals surface area contributed by atoms with Gasteiger partial charge in [-0.1, -0.05) is 13.0 Å². The van der Waals surface area contributed by atoms with E-state index < -0.39 is 11.7 Å². The summed E-state index contributed by atoms with van der Waals surface area (Å²) in [6.45, 7) is 1.65. The number of nitrogen functional groups attached to an aromatic ring is 1. The first kappa shape index (κ1) is 9.89. The SMILES string of the molecule is CCc1c(N)cccc1C(F)(F)F. The first-order chi connectivity index (χ1) is 5.96. The maximum atomic E-state index is 12.4. The average Bonchev–Trinajstić information content (AvgIpc) is 2.02. The molecule has 1 rings (SSSR count). The van der Waals surface area contributed by atoms with E-state index in [0.29, 0.717) is 6.42 Å². The molecule has 13 heavy (non-hydrogen) atoms.